The predicted molar refractivity (Wildman–Crippen MR) is 197 cm³/mol. The third-order valence-electron chi connectivity index (χ3n) is 9.08. The number of hydrogen-bond acceptors (Lipinski definition) is 10. The second kappa shape index (κ2) is 18.9. The Morgan fingerprint density at radius 3 is 2.41 bits per heavy atom. The summed E-state index contributed by atoms with van der Waals surface area (Å²) in [5.74, 6) is -2.31. The number of hydrogen-bond donors (Lipinski definition) is 5. The number of fused-ring (bicyclic) bond motifs is 2. The monoisotopic (exact) mass is 751 g/mol. The average molecular weight is 752 g/mol. The van der Waals surface area contributed by atoms with Crippen molar-refractivity contribution in [2.24, 2.45) is 5.92 Å². The Morgan fingerprint density at radius 2 is 1.74 bits per heavy atom. The number of carbonyl (C=O) groups excluding carboxylic acids is 5. The first-order valence-corrected chi connectivity index (χ1v) is 17.9. The molecule has 2 aliphatic rings. The largest absolute Gasteiger partial charge is 0.493 e. The van der Waals surface area contributed by atoms with Crippen molar-refractivity contribution in [3.05, 3.63) is 65.7 Å². The van der Waals surface area contributed by atoms with E-state index < -0.39 is 54.3 Å². The lowest BCUT2D eigenvalue weighted by atomic mass is 10.00. The van der Waals surface area contributed by atoms with E-state index in [1.165, 1.54) is 19.1 Å². The molecule has 0 aliphatic carbocycles. The summed E-state index contributed by atoms with van der Waals surface area (Å²) < 4.78 is 16.4. The molecule has 5 N–H and O–H groups in total. The highest BCUT2D eigenvalue weighted by molar-refractivity contribution is 6.05. The van der Waals surface area contributed by atoms with Crippen LogP contribution in [-0.2, 0) is 30.5 Å². The van der Waals surface area contributed by atoms with E-state index in [0.717, 1.165) is 17.7 Å². The van der Waals surface area contributed by atoms with Crippen molar-refractivity contribution in [3.8, 4) is 5.75 Å². The van der Waals surface area contributed by atoms with Crippen molar-refractivity contribution >= 4 is 47.3 Å². The third-order valence-corrected chi connectivity index (χ3v) is 9.08. The van der Waals surface area contributed by atoms with Crippen molar-refractivity contribution in [3.63, 3.8) is 0 Å². The van der Waals surface area contributed by atoms with Crippen LogP contribution in [0.3, 0.4) is 0 Å². The molecule has 4 rings (SSSR count). The van der Waals surface area contributed by atoms with Gasteiger partial charge in [0.2, 0.25) is 11.8 Å². The SMILES string of the molecule is C=CCOC(=O)N[C@H](C(=O)N[C@@H](C)C(=O)Nc1ccc(COC(=O)N2c3cc(OCCCC(=O)O)c(C)cc3C(=O)N3CCCC[C@H]3[C@@H]2O)cc1)C(C)C. The molecule has 0 saturated carbocycles. The van der Waals surface area contributed by atoms with Crippen LogP contribution in [0.15, 0.2) is 49.1 Å². The molecule has 0 unspecified atom stereocenters. The molecule has 292 valence electrons. The summed E-state index contributed by atoms with van der Waals surface area (Å²) in [4.78, 5) is 78.9. The standard InChI is InChI=1S/C38H49N5O11/c1-6-17-53-37(50)41-32(22(2)3)34(47)39-24(5)33(46)40-26-14-12-25(13-15-26)21-54-38(51)43-29-20-30(52-18-9-11-31(44)45)23(4)19-27(29)35(48)42-16-8-7-10-28(42)36(43)49/h6,12-15,19-20,22,24,28,32,36,49H,1,7-11,16-18,21H2,2-5H3,(H,39,47)(H,40,46)(H,41,50)(H,44,45)/t24-,28-,32-,36-/m0/s1. The van der Waals surface area contributed by atoms with E-state index in [1.807, 2.05) is 0 Å². The topological polar surface area (TPSA) is 213 Å². The summed E-state index contributed by atoms with van der Waals surface area (Å²) in [6, 6.07) is 6.99. The highest BCUT2D eigenvalue weighted by Gasteiger charge is 2.44. The summed E-state index contributed by atoms with van der Waals surface area (Å²) in [6.07, 6.45) is 0.468. The van der Waals surface area contributed by atoms with Gasteiger partial charge in [-0.1, -0.05) is 38.6 Å². The molecule has 4 atom stereocenters. The molecule has 2 heterocycles. The molecular weight excluding hydrogens is 702 g/mol. The molecule has 1 fully saturated rings. The van der Waals surface area contributed by atoms with Crippen molar-refractivity contribution in [2.75, 3.05) is 30.0 Å². The number of piperidine rings is 1. The van der Waals surface area contributed by atoms with Crippen molar-refractivity contribution in [2.45, 2.75) is 90.8 Å². The van der Waals surface area contributed by atoms with E-state index in [4.69, 9.17) is 19.3 Å². The molecule has 0 radical (unpaired) electrons. The number of nitrogens with zero attached hydrogens (tertiary/aromatic N) is 2. The number of aliphatic hydroxyl groups excluding tert-OH is 1. The highest BCUT2D eigenvalue weighted by Crippen LogP contribution is 2.38. The van der Waals surface area contributed by atoms with Gasteiger partial charge in [-0.3, -0.25) is 19.2 Å². The Hall–Kier alpha value is -5.64. The molecule has 16 heteroatoms. The minimum atomic E-state index is -1.41. The molecule has 2 aliphatic heterocycles. The van der Waals surface area contributed by atoms with Crippen LogP contribution < -0.4 is 25.6 Å². The smallest absolute Gasteiger partial charge is 0.416 e. The van der Waals surface area contributed by atoms with Gasteiger partial charge in [0.15, 0.2) is 6.23 Å². The normalized spacial score (nSPS) is 17.6. The number of amides is 5. The Labute approximate surface area is 313 Å². The number of carbonyl (C=O) groups is 6. The number of ether oxygens (including phenoxy) is 3. The average Bonchev–Trinajstić information content (AvgIpc) is 3.22. The second-order valence-electron chi connectivity index (χ2n) is 13.6. The number of nitrogens with one attached hydrogen (secondary N) is 3. The van der Waals surface area contributed by atoms with Gasteiger partial charge in [0.05, 0.1) is 23.9 Å². The molecule has 0 aromatic heterocycles. The van der Waals surface area contributed by atoms with Crippen LogP contribution in [0.5, 0.6) is 5.75 Å². The van der Waals surface area contributed by atoms with Gasteiger partial charge < -0.3 is 45.3 Å². The van der Waals surface area contributed by atoms with Crippen LogP contribution in [0, 0.1) is 12.8 Å². The number of rotatable bonds is 15. The minimum Gasteiger partial charge on any atom is -0.493 e. The maximum Gasteiger partial charge on any atom is 0.416 e. The fourth-order valence-electron chi connectivity index (χ4n) is 6.16. The third kappa shape index (κ3) is 10.5. The van der Waals surface area contributed by atoms with Crippen molar-refractivity contribution in [1.29, 1.82) is 0 Å². The zero-order valence-corrected chi connectivity index (χ0v) is 31.0. The van der Waals surface area contributed by atoms with Gasteiger partial charge in [-0.05, 0) is 74.8 Å². The summed E-state index contributed by atoms with van der Waals surface area (Å²) in [5, 5.41) is 28.4. The zero-order chi connectivity index (χ0) is 39.5. The van der Waals surface area contributed by atoms with E-state index in [-0.39, 0.29) is 55.7 Å². The maximum atomic E-state index is 13.8. The first kappa shape index (κ1) is 41.1. The molecule has 2 aromatic carbocycles. The van der Waals surface area contributed by atoms with Crippen LogP contribution in [0.1, 0.15) is 74.4 Å². The Bertz CT molecular complexity index is 1710. The van der Waals surface area contributed by atoms with Gasteiger partial charge in [0, 0.05) is 24.7 Å². The lowest BCUT2D eigenvalue weighted by Crippen LogP contribution is -2.55. The fourth-order valence-corrected chi connectivity index (χ4v) is 6.16. The Kier molecular flexibility index (Phi) is 14.4. The van der Waals surface area contributed by atoms with Crippen LogP contribution in [0.4, 0.5) is 21.0 Å². The van der Waals surface area contributed by atoms with Crippen LogP contribution in [0.2, 0.25) is 0 Å². The fraction of sp³-hybridized carbons (Fsp3) is 0.474. The van der Waals surface area contributed by atoms with E-state index in [1.54, 1.807) is 56.0 Å². The molecular formula is C38H49N5O11. The molecule has 0 bridgehead atoms. The van der Waals surface area contributed by atoms with E-state index >= 15 is 0 Å². The number of carboxylic acid groups (broad SMARTS) is 1. The number of alkyl carbamates (subject to hydrolysis) is 1. The number of anilines is 2. The van der Waals surface area contributed by atoms with Gasteiger partial charge in [-0.2, -0.15) is 0 Å². The maximum absolute atomic E-state index is 13.8. The lowest BCUT2D eigenvalue weighted by Gasteiger charge is -2.38. The molecule has 54 heavy (non-hydrogen) atoms. The first-order valence-electron chi connectivity index (χ1n) is 17.9. The molecule has 5 amide bonds. The second-order valence-corrected chi connectivity index (χ2v) is 13.6. The molecule has 0 spiro atoms. The molecule has 2 aromatic rings. The number of aliphatic carboxylic acids is 1. The first-order chi connectivity index (χ1) is 25.7. The quantitative estimate of drug-likeness (QED) is 0.129. The number of aryl methyl sites for hydroxylation is 1. The van der Waals surface area contributed by atoms with E-state index in [9.17, 15) is 33.9 Å². The highest BCUT2D eigenvalue weighted by atomic mass is 16.6. The molecule has 1 saturated heterocycles. The van der Waals surface area contributed by atoms with Gasteiger partial charge in [-0.15, -0.1) is 0 Å². The summed E-state index contributed by atoms with van der Waals surface area (Å²) in [6.45, 7) is 10.5. The zero-order valence-electron chi connectivity index (χ0n) is 31.0. The summed E-state index contributed by atoms with van der Waals surface area (Å²) >= 11 is 0. The lowest BCUT2D eigenvalue weighted by molar-refractivity contribution is -0.137. The van der Waals surface area contributed by atoms with Crippen LogP contribution in [0.25, 0.3) is 0 Å². The van der Waals surface area contributed by atoms with Crippen molar-refractivity contribution < 1.29 is 53.2 Å². The van der Waals surface area contributed by atoms with E-state index in [2.05, 4.69) is 22.5 Å². The predicted octanol–water partition coefficient (Wildman–Crippen LogP) is 4.09. The minimum absolute atomic E-state index is 0.0217. The number of carboxylic acids is 1. The van der Waals surface area contributed by atoms with Gasteiger partial charge >= 0.3 is 18.2 Å². The van der Waals surface area contributed by atoms with Crippen LogP contribution in [-0.4, -0.2) is 95.1 Å². The van der Waals surface area contributed by atoms with Gasteiger partial charge in [0.1, 0.15) is 31.0 Å². The summed E-state index contributed by atoms with van der Waals surface area (Å²) in [7, 11) is 0. The van der Waals surface area contributed by atoms with Crippen molar-refractivity contribution in [1.82, 2.24) is 15.5 Å². The Morgan fingerprint density at radius 1 is 1.02 bits per heavy atom. The number of aliphatic hydroxyl groups is 1. The van der Waals surface area contributed by atoms with Crippen LogP contribution >= 0.6 is 0 Å². The van der Waals surface area contributed by atoms with Gasteiger partial charge in [-0.25, -0.2) is 14.5 Å². The molecule has 16 nitrogen and oxygen atoms in total. The number of benzene rings is 2. The van der Waals surface area contributed by atoms with Gasteiger partial charge in [0.25, 0.3) is 5.91 Å². The Balaban J connectivity index is 1.42. The summed E-state index contributed by atoms with van der Waals surface area (Å²) in [5.41, 5.74) is 1.90. The van der Waals surface area contributed by atoms with E-state index in [0.29, 0.717) is 35.5 Å².